The first-order chi connectivity index (χ1) is 19.8. The average Bonchev–Trinajstić information content (AvgIpc) is 3.46. The van der Waals surface area contributed by atoms with Gasteiger partial charge in [-0.05, 0) is 55.3 Å². The number of methoxy groups -OCH3 is 1. The van der Waals surface area contributed by atoms with Crippen molar-refractivity contribution in [1.29, 1.82) is 0 Å². The minimum absolute atomic E-state index is 0.00663. The van der Waals surface area contributed by atoms with Gasteiger partial charge in [0.05, 0.1) is 18.2 Å². The number of ketones is 1. The highest BCUT2D eigenvalue weighted by molar-refractivity contribution is 7.91. The number of Topliss-reactive ketones (excluding diaryl/α,β-unsaturated/α-hetero) is 1. The SMILES string of the molecule is COc1ccc(C(=O)Cc2ccc(F)c([C@@]3(C)N=C(N)N(C)S(=O)(=O)[C@@]34CCN(S(=O)(=O)c3ccccc3)C4)c2)nc1. The van der Waals surface area contributed by atoms with Crippen molar-refractivity contribution in [3.8, 4) is 5.75 Å². The Morgan fingerprint density at radius 3 is 2.50 bits per heavy atom. The molecule has 5 rings (SSSR count). The number of nitrogens with zero attached hydrogens (tertiary/aromatic N) is 4. The van der Waals surface area contributed by atoms with Crippen molar-refractivity contribution in [2.24, 2.45) is 10.7 Å². The van der Waals surface area contributed by atoms with Gasteiger partial charge in [-0.1, -0.05) is 24.3 Å². The van der Waals surface area contributed by atoms with Crippen molar-refractivity contribution < 1.29 is 30.8 Å². The summed E-state index contributed by atoms with van der Waals surface area (Å²) in [5, 5.41) is 0. The summed E-state index contributed by atoms with van der Waals surface area (Å²) in [5.41, 5.74) is 4.67. The molecule has 1 spiro atoms. The van der Waals surface area contributed by atoms with E-state index in [9.17, 15) is 21.6 Å². The highest BCUT2D eigenvalue weighted by atomic mass is 32.2. The Labute approximate surface area is 243 Å². The first-order valence-electron chi connectivity index (χ1n) is 13.0. The lowest BCUT2D eigenvalue weighted by atomic mass is 9.77. The Morgan fingerprint density at radius 2 is 1.86 bits per heavy atom. The van der Waals surface area contributed by atoms with Gasteiger partial charge in [0.2, 0.25) is 26.0 Å². The molecule has 11 nitrogen and oxygen atoms in total. The molecule has 2 aromatic carbocycles. The minimum Gasteiger partial charge on any atom is -0.495 e. The maximum atomic E-state index is 15.7. The largest absolute Gasteiger partial charge is 0.495 e. The number of guanidine groups is 1. The van der Waals surface area contributed by atoms with Crippen LogP contribution in [0.4, 0.5) is 4.39 Å². The highest BCUT2D eigenvalue weighted by Gasteiger charge is 2.67. The third-order valence-electron chi connectivity index (χ3n) is 8.16. The molecule has 0 unspecified atom stereocenters. The lowest BCUT2D eigenvalue weighted by Crippen LogP contribution is -2.66. The molecule has 0 amide bonds. The van der Waals surface area contributed by atoms with E-state index in [4.69, 9.17) is 10.5 Å². The van der Waals surface area contributed by atoms with Gasteiger partial charge in [-0.2, -0.15) is 4.31 Å². The van der Waals surface area contributed by atoms with E-state index in [2.05, 4.69) is 9.98 Å². The van der Waals surface area contributed by atoms with E-state index >= 15 is 4.39 Å². The fourth-order valence-corrected chi connectivity index (χ4v) is 9.38. The second-order valence-electron chi connectivity index (χ2n) is 10.4. The van der Waals surface area contributed by atoms with Gasteiger partial charge in [0, 0.05) is 32.1 Å². The molecule has 14 heteroatoms. The van der Waals surface area contributed by atoms with Crippen LogP contribution in [0.3, 0.4) is 0 Å². The summed E-state index contributed by atoms with van der Waals surface area (Å²) in [6.07, 6.45) is 1.08. The predicted octanol–water partition coefficient (Wildman–Crippen LogP) is 2.29. The molecule has 3 heterocycles. The predicted molar refractivity (Wildman–Crippen MR) is 153 cm³/mol. The summed E-state index contributed by atoms with van der Waals surface area (Å²) in [5.74, 6) is -1.00. The summed E-state index contributed by atoms with van der Waals surface area (Å²) >= 11 is 0. The molecule has 0 radical (unpaired) electrons. The lowest BCUT2D eigenvalue weighted by Gasteiger charge is -2.48. The summed E-state index contributed by atoms with van der Waals surface area (Å²) in [6, 6.07) is 14.7. The monoisotopic (exact) mass is 615 g/mol. The standard InChI is InChI=1S/C28H30FN5O6S2/c1-27(22-15-19(9-11-23(22)29)16-25(35)24-12-10-20(40-3)17-31-24)28(42(38,39)33(2)26(30)32-27)13-14-34(18-28)41(36,37)21-7-5-4-6-8-21/h4-12,15,17H,13-14,16,18H2,1-3H3,(H2,30,32)/t27-,28-/m1/s1. The van der Waals surface area contributed by atoms with Crippen LogP contribution in [-0.2, 0) is 32.0 Å². The van der Waals surface area contributed by atoms with E-state index in [0.29, 0.717) is 11.3 Å². The van der Waals surface area contributed by atoms with E-state index in [-0.39, 0.29) is 47.3 Å². The number of carbonyl (C=O) groups is 1. The molecule has 0 saturated carbocycles. The third kappa shape index (κ3) is 4.53. The van der Waals surface area contributed by atoms with E-state index in [1.165, 1.54) is 57.6 Å². The smallest absolute Gasteiger partial charge is 0.247 e. The molecular weight excluding hydrogens is 585 g/mol. The number of aromatic nitrogens is 1. The average molecular weight is 616 g/mol. The maximum absolute atomic E-state index is 15.7. The zero-order valence-corrected chi connectivity index (χ0v) is 24.8. The van der Waals surface area contributed by atoms with Gasteiger partial charge in [0.15, 0.2) is 5.78 Å². The molecule has 2 aliphatic rings. The quantitative estimate of drug-likeness (QED) is 0.398. The molecule has 1 fully saturated rings. The molecule has 2 aliphatic heterocycles. The maximum Gasteiger partial charge on any atom is 0.247 e. The van der Waals surface area contributed by atoms with Crippen LogP contribution >= 0.6 is 0 Å². The van der Waals surface area contributed by atoms with Crippen molar-refractivity contribution in [2.45, 2.75) is 34.9 Å². The van der Waals surface area contributed by atoms with E-state index < -0.39 is 42.7 Å². The van der Waals surface area contributed by atoms with E-state index in [1.807, 2.05) is 0 Å². The summed E-state index contributed by atoms with van der Waals surface area (Å²) in [7, 11) is -5.74. The van der Waals surface area contributed by atoms with Gasteiger partial charge in [-0.3, -0.25) is 4.79 Å². The molecule has 222 valence electrons. The van der Waals surface area contributed by atoms with Crippen LogP contribution < -0.4 is 10.5 Å². The first-order valence-corrected chi connectivity index (χ1v) is 15.9. The second kappa shape index (κ2) is 10.4. The van der Waals surface area contributed by atoms with Crippen LogP contribution in [0, 0.1) is 5.82 Å². The molecule has 3 aromatic rings. The Balaban J connectivity index is 1.59. The van der Waals surface area contributed by atoms with Crippen LogP contribution in [0.15, 0.2) is 76.7 Å². The Hall–Kier alpha value is -3.88. The molecule has 0 bridgehead atoms. The number of ether oxygens (including phenoxy) is 1. The fourth-order valence-electron chi connectivity index (χ4n) is 5.64. The van der Waals surface area contributed by atoms with Gasteiger partial charge in [-0.25, -0.2) is 35.5 Å². The summed E-state index contributed by atoms with van der Waals surface area (Å²) in [6.45, 7) is 0.818. The molecule has 42 heavy (non-hydrogen) atoms. The topological polar surface area (TPSA) is 152 Å². The Kier molecular flexibility index (Phi) is 7.36. The zero-order valence-electron chi connectivity index (χ0n) is 23.2. The van der Waals surface area contributed by atoms with Crippen LogP contribution in [0.25, 0.3) is 0 Å². The third-order valence-corrected chi connectivity index (χ3v) is 12.6. The summed E-state index contributed by atoms with van der Waals surface area (Å²) < 4.78 is 76.0. The van der Waals surface area contributed by atoms with Crippen LogP contribution in [0.5, 0.6) is 5.75 Å². The van der Waals surface area contributed by atoms with Crippen molar-refractivity contribution >= 4 is 31.8 Å². The molecule has 0 aliphatic carbocycles. The number of pyridine rings is 1. The number of aliphatic imine (C=N–C) groups is 1. The van der Waals surface area contributed by atoms with Crippen molar-refractivity contribution in [3.05, 3.63) is 89.5 Å². The molecular formula is C28H30FN5O6S2. The second-order valence-corrected chi connectivity index (χ2v) is 14.6. The number of nitrogens with two attached hydrogens (primary N) is 1. The number of hydrogen-bond donors (Lipinski definition) is 1. The van der Waals surface area contributed by atoms with Crippen LogP contribution in [0.1, 0.15) is 35.0 Å². The van der Waals surface area contributed by atoms with Crippen LogP contribution in [0.2, 0.25) is 0 Å². The molecule has 2 N–H and O–H groups in total. The highest BCUT2D eigenvalue weighted by Crippen LogP contribution is 2.52. The van der Waals surface area contributed by atoms with Gasteiger partial charge < -0.3 is 10.5 Å². The number of carbonyl (C=O) groups excluding carboxylic acids is 1. The number of benzene rings is 2. The number of hydrogen-bond acceptors (Lipinski definition) is 9. The number of rotatable bonds is 7. The normalized spacial score (nSPS) is 24.0. The Bertz CT molecular complexity index is 1780. The Morgan fingerprint density at radius 1 is 1.14 bits per heavy atom. The van der Waals surface area contributed by atoms with E-state index in [0.717, 1.165) is 14.7 Å². The van der Waals surface area contributed by atoms with Crippen molar-refractivity contribution in [3.63, 3.8) is 0 Å². The zero-order chi connectivity index (χ0) is 30.5. The fraction of sp³-hybridized carbons (Fsp3) is 0.321. The molecule has 2 atom stereocenters. The van der Waals surface area contributed by atoms with Gasteiger partial charge in [0.25, 0.3) is 0 Å². The summed E-state index contributed by atoms with van der Waals surface area (Å²) in [4.78, 5) is 21.6. The molecule has 1 aromatic heterocycles. The molecule has 1 saturated heterocycles. The van der Waals surface area contributed by atoms with Gasteiger partial charge in [0.1, 0.15) is 27.5 Å². The number of halogens is 1. The van der Waals surface area contributed by atoms with Crippen molar-refractivity contribution in [1.82, 2.24) is 13.6 Å². The van der Waals surface area contributed by atoms with Gasteiger partial charge in [-0.15, -0.1) is 0 Å². The lowest BCUT2D eigenvalue weighted by molar-refractivity contribution is 0.0988. The van der Waals surface area contributed by atoms with Crippen LogP contribution in [-0.4, -0.2) is 74.2 Å². The first kappa shape index (κ1) is 29.6. The van der Waals surface area contributed by atoms with Crippen molar-refractivity contribution in [2.75, 3.05) is 27.2 Å². The van der Waals surface area contributed by atoms with E-state index in [1.54, 1.807) is 24.3 Å². The minimum atomic E-state index is -4.37. The van der Waals surface area contributed by atoms with Gasteiger partial charge >= 0.3 is 0 Å². The number of sulfonamides is 2.